The van der Waals surface area contributed by atoms with Gasteiger partial charge in [-0.05, 0) is 49.2 Å². The highest BCUT2D eigenvalue weighted by molar-refractivity contribution is 7.99. The molecule has 0 aliphatic heterocycles. The van der Waals surface area contributed by atoms with Gasteiger partial charge in [-0.1, -0.05) is 30.0 Å². The molecular formula is C20H17N3O3S. The number of rotatable bonds is 7. The number of Topliss-reactive ketones (excluding diaryl/α,β-unsaturated/α-hetero) is 1. The van der Waals surface area contributed by atoms with E-state index in [-0.39, 0.29) is 17.4 Å². The normalized spacial score (nSPS) is 13.3. The van der Waals surface area contributed by atoms with Crippen LogP contribution in [-0.4, -0.2) is 27.6 Å². The van der Waals surface area contributed by atoms with E-state index in [1.807, 2.05) is 18.2 Å². The van der Waals surface area contributed by atoms with Crippen molar-refractivity contribution in [1.29, 1.82) is 0 Å². The largest absolute Gasteiger partial charge is 0.416 e. The van der Waals surface area contributed by atoms with Gasteiger partial charge in [0, 0.05) is 22.7 Å². The Kier molecular flexibility index (Phi) is 5.02. The summed E-state index contributed by atoms with van der Waals surface area (Å²) < 4.78 is 5.54. The fraction of sp³-hybridized carbons (Fsp3) is 0.200. The monoisotopic (exact) mass is 379 g/mol. The minimum Gasteiger partial charge on any atom is -0.416 e. The van der Waals surface area contributed by atoms with Gasteiger partial charge in [-0.15, -0.1) is 10.2 Å². The summed E-state index contributed by atoms with van der Waals surface area (Å²) in [7, 11) is 0. The van der Waals surface area contributed by atoms with Crippen LogP contribution in [0.1, 0.15) is 45.4 Å². The van der Waals surface area contributed by atoms with Gasteiger partial charge in [0.15, 0.2) is 5.78 Å². The molecule has 7 heteroatoms. The Morgan fingerprint density at radius 2 is 1.74 bits per heavy atom. The van der Waals surface area contributed by atoms with E-state index in [0.29, 0.717) is 33.8 Å². The molecule has 1 N–H and O–H groups in total. The van der Waals surface area contributed by atoms with Crippen molar-refractivity contribution in [3.8, 4) is 0 Å². The van der Waals surface area contributed by atoms with Gasteiger partial charge in [0.2, 0.25) is 5.89 Å². The molecule has 136 valence electrons. The molecule has 1 heterocycles. The fourth-order valence-corrected chi connectivity index (χ4v) is 3.18. The zero-order valence-electron chi connectivity index (χ0n) is 14.4. The number of hydrogen-bond donors (Lipinski definition) is 1. The average molecular weight is 379 g/mol. The van der Waals surface area contributed by atoms with Gasteiger partial charge in [0.05, 0.1) is 5.75 Å². The highest BCUT2D eigenvalue weighted by atomic mass is 32.2. The first kappa shape index (κ1) is 17.5. The minimum absolute atomic E-state index is 0.0351. The molecular weight excluding hydrogens is 362 g/mol. The summed E-state index contributed by atoms with van der Waals surface area (Å²) in [5, 5.41) is 11.2. The van der Waals surface area contributed by atoms with E-state index in [0.717, 1.165) is 12.8 Å². The van der Waals surface area contributed by atoms with Crippen LogP contribution in [0.3, 0.4) is 0 Å². The number of nitrogens with zero attached hydrogens (tertiary/aromatic N) is 2. The molecule has 4 rings (SSSR count). The Morgan fingerprint density at radius 3 is 2.44 bits per heavy atom. The lowest BCUT2D eigenvalue weighted by Gasteiger charge is -2.06. The molecule has 1 saturated carbocycles. The number of aromatic nitrogens is 2. The maximum absolute atomic E-state index is 12.3. The molecule has 1 fully saturated rings. The predicted octanol–water partition coefficient (Wildman–Crippen LogP) is 4.17. The maximum Gasteiger partial charge on any atom is 0.277 e. The van der Waals surface area contributed by atoms with Gasteiger partial charge in [-0.3, -0.25) is 9.59 Å². The molecule has 1 aliphatic rings. The van der Waals surface area contributed by atoms with Gasteiger partial charge in [0.1, 0.15) is 0 Å². The van der Waals surface area contributed by atoms with Crippen molar-refractivity contribution >= 4 is 29.1 Å². The molecule has 6 nitrogen and oxygen atoms in total. The number of benzene rings is 2. The lowest BCUT2D eigenvalue weighted by atomic mass is 10.1. The van der Waals surface area contributed by atoms with Crippen LogP contribution in [0.2, 0.25) is 0 Å². The van der Waals surface area contributed by atoms with Crippen molar-refractivity contribution in [1.82, 2.24) is 10.2 Å². The highest BCUT2D eigenvalue weighted by Gasteiger charge is 2.29. The molecule has 0 spiro atoms. The summed E-state index contributed by atoms with van der Waals surface area (Å²) in [6, 6.07) is 15.8. The van der Waals surface area contributed by atoms with Gasteiger partial charge < -0.3 is 9.73 Å². The number of thioether (sulfide) groups is 1. The Morgan fingerprint density at radius 1 is 1.00 bits per heavy atom. The van der Waals surface area contributed by atoms with Crippen molar-refractivity contribution in [2.45, 2.75) is 24.0 Å². The number of amides is 1. The van der Waals surface area contributed by atoms with E-state index in [1.165, 1.54) is 11.8 Å². The summed E-state index contributed by atoms with van der Waals surface area (Å²) >= 11 is 1.24. The van der Waals surface area contributed by atoms with Gasteiger partial charge in [-0.2, -0.15) is 0 Å². The van der Waals surface area contributed by atoms with Crippen molar-refractivity contribution in [2.75, 3.05) is 11.1 Å². The van der Waals surface area contributed by atoms with Crippen LogP contribution in [0.5, 0.6) is 0 Å². The number of anilines is 1. The van der Waals surface area contributed by atoms with E-state index in [1.54, 1.807) is 36.4 Å². The third-order valence-corrected chi connectivity index (χ3v) is 4.99. The highest BCUT2D eigenvalue weighted by Crippen LogP contribution is 2.39. The molecule has 1 aliphatic carbocycles. The summed E-state index contributed by atoms with van der Waals surface area (Å²) in [5.74, 6) is 1.08. The SMILES string of the molecule is O=C(CSc1nnc(C2CC2)o1)c1ccc(NC(=O)c2ccccc2)cc1. The van der Waals surface area contributed by atoms with Crippen LogP contribution in [0.25, 0.3) is 0 Å². The summed E-state index contributed by atoms with van der Waals surface area (Å²) in [6.45, 7) is 0. The number of carbonyl (C=O) groups excluding carboxylic acids is 2. The summed E-state index contributed by atoms with van der Waals surface area (Å²) in [5.41, 5.74) is 1.79. The fourth-order valence-electron chi connectivity index (χ4n) is 2.52. The Labute approximate surface area is 160 Å². The molecule has 3 aromatic rings. The van der Waals surface area contributed by atoms with E-state index in [9.17, 15) is 9.59 Å². The maximum atomic E-state index is 12.3. The van der Waals surface area contributed by atoms with Crippen molar-refractivity contribution < 1.29 is 14.0 Å². The molecule has 0 saturated heterocycles. The van der Waals surface area contributed by atoms with Crippen LogP contribution in [0.15, 0.2) is 64.2 Å². The van der Waals surface area contributed by atoms with Gasteiger partial charge >= 0.3 is 0 Å². The lowest BCUT2D eigenvalue weighted by molar-refractivity contribution is 0.101. The van der Waals surface area contributed by atoms with E-state index in [2.05, 4.69) is 15.5 Å². The zero-order chi connectivity index (χ0) is 18.6. The molecule has 27 heavy (non-hydrogen) atoms. The van der Waals surface area contributed by atoms with Gasteiger partial charge in [-0.25, -0.2) is 0 Å². The quantitative estimate of drug-likeness (QED) is 0.490. The van der Waals surface area contributed by atoms with Crippen LogP contribution < -0.4 is 5.32 Å². The average Bonchev–Trinajstić information content (AvgIpc) is 3.45. The van der Waals surface area contributed by atoms with Crippen molar-refractivity contribution in [2.24, 2.45) is 0 Å². The summed E-state index contributed by atoms with van der Waals surface area (Å²) in [4.78, 5) is 24.5. The van der Waals surface area contributed by atoms with E-state index >= 15 is 0 Å². The molecule has 0 unspecified atom stereocenters. The molecule has 0 radical (unpaired) electrons. The first-order valence-corrected chi connectivity index (χ1v) is 9.63. The third-order valence-electron chi connectivity index (χ3n) is 4.18. The van der Waals surface area contributed by atoms with Crippen LogP contribution in [0, 0.1) is 0 Å². The summed E-state index contributed by atoms with van der Waals surface area (Å²) in [6.07, 6.45) is 2.19. The molecule has 0 bridgehead atoms. The van der Waals surface area contributed by atoms with Crippen molar-refractivity contribution in [3.63, 3.8) is 0 Å². The van der Waals surface area contributed by atoms with Gasteiger partial charge in [0.25, 0.3) is 11.1 Å². The second kappa shape index (κ2) is 7.75. The second-order valence-corrected chi connectivity index (χ2v) is 7.22. The van der Waals surface area contributed by atoms with Crippen LogP contribution in [0.4, 0.5) is 5.69 Å². The molecule has 0 atom stereocenters. The smallest absolute Gasteiger partial charge is 0.277 e. The second-order valence-electron chi connectivity index (χ2n) is 6.29. The molecule has 2 aromatic carbocycles. The van der Waals surface area contributed by atoms with E-state index in [4.69, 9.17) is 4.42 Å². The van der Waals surface area contributed by atoms with Crippen LogP contribution in [-0.2, 0) is 0 Å². The number of hydrogen-bond acceptors (Lipinski definition) is 6. The lowest BCUT2D eigenvalue weighted by Crippen LogP contribution is -2.11. The molecule has 1 aromatic heterocycles. The Bertz CT molecular complexity index is 950. The van der Waals surface area contributed by atoms with Crippen molar-refractivity contribution in [3.05, 3.63) is 71.6 Å². The standard InChI is InChI=1S/C20H17N3O3S/c24-17(12-27-20-23-22-19(26-20)15-6-7-15)13-8-10-16(11-9-13)21-18(25)14-4-2-1-3-5-14/h1-5,8-11,15H,6-7,12H2,(H,21,25). The molecule has 1 amide bonds. The Hall–Kier alpha value is -2.93. The number of ketones is 1. The predicted molar refractivity (Wildman–Crippen MR) is 102 cm³/mol. The topological polar surface area (TPSA) is 85.1 Å². The zero-order valence-corrected chi connectivity index (χ0v) is 15.2. The number of nitrogens with one attached hydrogen (secondary N) is 1. The first-order chi connectivity index (χ1) is 13.2. The van der Waals surface area contributed by atoms with E-state index < -0.39 is 0 Å². The minimum atomic E-state index is -0.187. The number of carbonyl (C=O) groups is 2. The Balaban J connectivity index is 1.32. The third kappa shape index (κ3) is 4.43. The van der Waals surface area contributed by atoms with Crippen LogP contribution >= 0.6 is 11.8 Å². The first-order valence-electron chi connectivity index (χ1n) is 8.65.